The number of thiazole rings is 1. The van der Waals surface area contributed by atoms with Gasteiger partial charge in [-0.15, -0.1) is 5.10 Å². The lowest BCUT2D eigenvalue weighted by molar-refractivity contribution is 0.354. The van der Waals surface area contributed by atoms with E-state index in [2.05, 4.69) is 10.1 Å². The highest BCUT2D eigenvalue weighted by Gasteiger charge is 2.11. The molecule has 0 fully saturated rings. The molecular weight excluding hydrogens is 393 g/mol. The largest absolute Gasteiger partial charge is 0.493 e. The Morgan fingerprint density at radius 1 is 1.07 bits per heavy atom. The minimum atomic E-state index is -0.296. The number of rotatable bonds is 5. The second kappa shape index (κ2) is 7.84. The molecule has 4 rings (SSSR count). The standard InChI is InChI=1S/C21H16FN3O3S/c1-27-16-5-3-4-14(19(16)28-2)12-17-20(26)25-21(29-17)23-18(24-25)11-8-13-6-9-15(22)10-7-13/h3-12H,1-2H3/b11-8+,17-12+. The Balaban J connectivity index is 1.70. The first kappa shape index (κ1) is 18.8. The van der Waals surface area contributed by atoms with Crippen molar-refractivity contribution in [3.05, 3.63) is 80.1 Å². The third-order valence-electron chi connectivity index (χ3n) is 4.21. The third kappa shape index (κ3) is 3.74. The lowest BCUT2D eigenvalue weighted by Gasteiger charge is -2.09. The Bertz CT molecular complexity index is 1310. The topological polar surface area (TPSA) is 65.7 Å². The Labute approximate surface area is 169 Å². The number of fused-ring (bicyclic) bond motifs is 1. The lowest BCUT2D eigenvalue weighted by atomic mass is 10.2. The summed E-state index contributed by atoms with van der Waals surface area (Å²) in [6.45, 7) is 0. The van der Waals surface area contributed by atoms with Gasteiger partial charge in [-0.25, -0.2) is 4.39 Å². The van der Waals surface area contributed by atoms with E-state index in [0.29, 0.717) is 26.8 Å². The number of methoxy groups -OCH3 is 2. The van der Waals surface area contributed by atoms with Gasteiger partial charge in [0.25, 0.3) is 5.56 Å². The van der Waals surface area contributed by atoms with Crippen LogP contribution in [-0.2, 0) is 0 Å². The second-order valence-electron chi connectivity index (χ2n) is 6.05. The van der Waals surface area contributed by atoms with Gasteiger partial charge in [-0.2, -0.15) is 9.50 Å². The Hall–Kier alpha value is -3.52. The fraction of sp³-hybridized carbons (Fsp3) is 0.0952. The normalized spacial score (nSPS) is 12.2. The van der Waals surface area contributed by atoms with Gasteiger partial charge in [-0.3, -0.25) is 4.79 Å². The van der Waals surface area contributed by atoms with Gasteiger partial charge in [0.05, 0.1) is 18.8 Å². The van der Waals surface area contributed by atoms with E-state index < -0.39 is 0 Å². The summed E-state index contributed by atoms with van der Waals surface area (Å²) >= 11 is 1.24. The number of hydrogen-bond donors (Lipinski definition) is 0. The monoisotopic (exact) mass is 409 g/mol. The number of halogens is 1. The molecule has 2 aromatic heterocycles. The molecule has 29 heavy (non-hydrogen) atoms. The van der Waals surface area contributed by atoms with Gasteiger partial charge in [-0.05, 0) is 35.9 Å². The van der Waals surface area contributed by atoms with Crippen LogP contribution in [0, 0.1) is 5.82 Å². The number of para-hydroxylation sites is 1. The predicted octanol–water partition coefficient (Wildman–Crippen LogP) is 3.03. The Morgan fingerprint density at radius 2 is 1.86 bits per heavy atom. The van der Waals surface area contributed by atoms with Crippen LogP contribution in [-0.4, -0.2) is 28.8 Å². The van der Waals surface area contributed by atoms with Gasteiger partial charge in [0.1, 0.15) is 5.82 Å². The highest BCUT2D eigenvalue weighted by Crippen LogP contribution is 2.31. The SMILES string of the molecule is COc1cccc(/C=c2/sc3nc(/C=C/c4ccc(F)cc4)nn3c2=O)c1OC. The van der Waals surface area contributed by atoms with Crippen molar-refractivity contribution in [1.82, 2.24) is 14.6 Å². The highest BCUT2D eigenvalue weighted by atomic mass is 32.1. The first-order valence-electron chi connectivity index (χ1n) is 8.65. The average Bonchev–Trinajstić information content (AvgIpc) is 3.26. The van der Waals surface area contributed by atoms with Gasteiger partial charge in [0.15, 0.2) is 17.3 Å². The van der Waals surface area contributed by atoms with Gasteiger partial charge >= 0.3 is 0 Å². The van der Waals surface area contributed by atoms with Crippen molar-refractivity contribution in [1.29, 1.82) is 0 Å². The molecule has 0 N–H and O–H groups in total. The van der Waals surface area contributed by atoms with E-state index in [1.807, 2.05) is 12.1 Å². The number of nitrogens with zero attached hydrogens (tertiary/aromatic N) is 3. The van der Waals surface area contributed by atoms with Gasteiger partial charge in [0, 0.05) is 5.56 Å². The lowest BCUT2D eigenvalue weighted by Crippen LogP contribution is -2.23. The van der Waals surface area contributed by atoms with Crippen LogP contribution >= 0.6 is 11.3 Å². The summed E-state index contributed by atoms with van der Waals surface area (Å²) < 4.78 is 25.4. The molecule has 0 aliphatic carbocycles. The highest BCUT2D eigenvalue weighted by molar-refractivity contribution is 7.15. The van der Waals surface area contributed by atoms with E-state index >= 15 is 0 Å². The second-order valence-corrected chi connectivity index (χ2v) is 7.06. The molecule has 0 unspecified atom stereocenters. The van der Waals surface area contributed by atoms with Crippen LogP contribution in [0.4, 0.5) is 4.39 Å². The summed E-state index contributed by atoms with van der Waals surface area (Å²) in [6.07, 6.45) is 5.18. The molecule has 4 aromatic rings. The minimum Gasteiger partial charge on any atom is -0.493 e. The average molecular weight is 409 g/mol. The predicted molar refractivity (Wildman–Crippen MR) is 111 cm³/mol. The van der Waals surface area contributed by atoms with Crippen LogP contribution in [0.15, 0.2) is 47.3 Å². The molecule has 0 aliphatic rings. The van der Waals surface area contributed by atoms with Crippen molar-refractivity contribution in [3.63, 3.8) is 0 Å². The van der Waals surface area contributed by atoms with Gasteiger partial charge in [-0.1, -0.05) is 41.7 Å². The first-order chi connectivity index (χ1) is 14.1. The maximum absolute atomic E-state index is 13.0. The zero-order valence-corrected chi connectivity index (χ0v) is 16.4. The third-order valence-corrected chi connectivity index (χ3v) is 5.17. The quantitative estimate of drug-likeness (QED) is 0.507. The van der Waals surface area contributed by atoms with E-state index in [1.165, 1.54) is 28.0 Å². The van der Waals surface area contributed by atoms with Crippen molar-refractivity contribution in [2.24, 2.45) is 0 Å². The fourth-order valence-electron chi connectivity index (χ4n) is 2.83. The van der Waals surface area contributed by atoms with E-state index in [1.54, 1.807) is 50.6 Å². The van der Waals surface area contributed by atoms with Gasteiger partial charge < -0.3 is 9.47 Å². The molecule has 0 saturated carbocycles. The van der Waals surface area contributed by atoms with Crippen molar-refractivity contribution in [3.8, 4) is 11.5 Å². The molecule has 0 radical (unpaired) electrons. The van der Waals surface area contributed by atoms with E-state index in [0.717, 1.165) is 11.1 Å². The van der Waals surface area contributed by atoms with Crippen LogP contribution in [0.25, 0.3) is 23.2 Å². The van der Waals surface area contributed by atoms with Crippen LogP contribution in [0.3, 0.4) is 0 Å². The van der Waals surface area contributed by atoms with Crippen molar-refractivity contribution in [2.75, 3.05) is 14.2 Å². The summed E-state index contributed by atoms with van der Waals surface area (Å²) in [5, 5.41) is 4.25. The van der Waals surface area contributed by atoms with Crippen molar-refractivity contribution in [2.45, 2.75) is 0 Å². The van der Waals surface area contributed by atoms with Crippen molar-refractivity contribution >= 4 is 34.5 Å². The molecular formula is C21H16FN3O3S. The smallest absolute Gasteiger partial charge is 0.291 e. The molecule has 0 saturated heterocycles. The molecule has 2 heterocycles. The molecule has 8 heteroatoms. The van der Waals surface area contributed by atoms with Crippen LogP contribution < -0.4 is 19.6 Å². The Morgan fingerprint density at radius 3 is 2.55 bits per heavy atom. The zero-order valence-electron chi connectivity index (χ0n) is 15.6. The number of hydrogen-bond acceptors (Lipinski definition) is 6. The summed E-state index contributed by atoms with van der Waals surface area (Å²) in [5.41, 5.74) is 1.28. The summed E-state index contributed by atoms with van der Waals surface area (Å²) in [4.78, 5) is 17.6. The summed E-state index contributed by atoms with van der Waals surface area (Å²) in [5.74, 6) is 1.25. The van der Waals surface area contributed by atoms with Crippen LogP contribution in [0.2, 0.25) is 0 Å². The molecule has 0 spiro atoms. The van der Waals surface area contributed by atoms with Crippen LogP contribution in [0.5, 0.6) is 11.5 Å². The molecule has 6 nitrogen and oxygen atoms in total. The molecule has 146 valence electrons. The molecule has 2 aromatic carbocycles. The number of benzene rings is 2. The van der Waals surface area contributed by atoms with Crippen molar-refractivity contribution < 1.29 is 13.9 Å². The maximum atomic E-state index is 13.0. The maximum Gasteiger partial charge on any atom is 0.291 e. The minimum absolute atomic E-state index is 0.260. The van der Waals surface area contributed by atoms with E-state index in [9.17, 15) is 9.18 Å². The Kier molecular flexibility index (Phi) is 5.09. The number of ether oxygens (including phenoxy) is 2. The first-order valence-corrected chi connectivity index (χ1v) is 9.46. The summed E-state index contributed by atoms with van der Waals surface area (Å²) in [6, 6.07) is 11.5. The fourth-order valence-corrected chi connectivity index (χ4v) is 3.74. The number of aromatic nitrogens is 3. The molecule has 0 atom stereocenters. The van der Waals surface area contributed by atoms with Gasteiger partial charge in [0.2, 0.25) is 4.96 Å². The molecule has 0 aliphatic heterocycles. The van der Waals surface area contributed by atoms with E-state index in [-0.39, 0.29) is 11.4 Å². The zero-order chi connectivity index (χ0) is 20.4. The molecule has 0 bridgehead atoms. The summed E-state index contributed by atoms with van der Waals surface area (Å²) in [7, 11) is 3.11. The molecule has 0 amide bonds. The van der Waals surface area contributed by atoms with E-state index in [4.69, 9.17) is 9.47 Å². The van der Waals surface area contributed by atoms with Crippen LogP contribution in [0.1, 0.15) is 17.0 Å².